The van der Waals surface area contributed by atoms with E-state index >= 15 is 0 Å². The van der Waals surface area contributed by atoms with E-state index in [0.717, 1.165) is 22.6 Å². The zero-order valence-electron chi connectivity index (χ0n) is 10.2. The Bertz CT molecular complexity index is 478. The lowest BCUT2D eigenvalue weighted by molar-refractivity contribution is 0.567. The molecule has 2 rings (SSSR count). The molecule has 3 nitrogen and oxygen atoms in total. The van der Waals surface area contributed by atoms with E-state index in [-0.39, 0.29) is 5.41 Å². The quantitative estimate of drug-likeness (QED) is 0.794. The van der Waals surface area contributed by atoms with Crippen molar-refractivity contribution in [3.63, 3.8) is 0 Å². The monoisotopic (exact) mass is 215 g/mol. The summed E-state index contributed by atoms with van der Waals surface area (Å²) in [5.74, 6) is 0. The van der Waals surface area contributed by atoms with E-state index in [1.54, 1.807) is 6.20 Å². The van der Waals surface area contributed by atoms with Gasteiger partial charge in [0.05, 0.1) is 5.69 Å². The van der Waals surface area contributed by atoms with Crippen LogP contribution < -0.4 is 0 Å². The molecule has 0 aliphatic rings. The van der Waals surface area contributed by atoms with E-state index in [2.05, 4.69) is 48.1 Å². The first kappa shape index (κ1) is 10.9. The molecule has 0 unspecified atom stereocenters. The molecule has 84 valence electrons. The van der Waals surface area contributed by atoms with Crippen molar-refractivity contribution in [1.29, 1.82) is 0 Å². The number of aromatic amines is 1. The highest BCUT2D eigenvalue weighted by Gasteiger charge is 2.16. The van der Waals surface area contributed by atoms with E-state index in [1.165, 1.54) is 0 Å². The number of hydrogen-bond acceptors (Lipinski definition) is 2. The maximum atomic E-state index is 4.58. The second kappa shape index (κ2) is 3.74. The molecular weight excluding hydrogens is 198 g/mol. The molecule has 0 aliphatic heterocycles. The normalized spacial score (nSPS) is 11.8. The lowest BCUT2D eigenvalue weighted by atomic mass is 9.90. The average molecular weight is 215 g/mol. The molecular formula is C13H17N3. The van der Waals surface area contributed by atoms with Crippen LogP contribution in [0.5, 0.6) is 0 Å². The Labute approximate surface area is 95.9 Å². The van der Waals surface area contributed by atoms with Crippen molar-refractivity contribution in [3.05, 3.63) is 35.8 Å². The van der Waals surface area contributed by atoms with Crippen LogP contribution in [0.4, 0.5) is 0 Å². The van der Waals surface area contributed by atoms with E-state index in [1.807, 2.05) is 13.0 Å². The summed E-state index contributed by atoms with van der Waals surface area (Å²) in [6.45, 7) is 8.54. The number of hydrogen-bond donors (Lipinski definition) is 1. The van der Waals surface area contributed by atoms with Crippen LogP contribution in [0.1, 0.15) is 32.2 Å². The Kier molecular flexibility index (Phi) is 2.54. The molecule has 0 saturated carbocycles. The molecule has 2 heterocycles. The Hall–Kier alpha value is -1.64. The number of H-pyrrole nitrogens is 1. The molecule has 0 spiro atoms. The molecule has 0 aromatic carbocycles. The van der Waals surface area contributed by atoms with Gasteiger partial charge in [-0.15, -0.1) is 0 Å². The van der Waals surface area contributed by atoms with Gasteiger partial charge in [0, 0.05) is 28.6 Å². The SMILES string of the molecule is Cc1cc(-c2ccn[nH]2)cc(C(C)(C)C)n1. The van der Waals surface area contributed by atoms with Gasteiger partial charge in [0.25, 0.3) is 0 Å². The van der Waals surface area contributed by atoms with Crippen LogP contribution in [0.2, 0.25) is 0 Å². The number of rotatable bonds is 1. The highest BCUT2D eigenvalue weighted by molar-refractivity contribution is 5.59. The van der Waals surface area contributed by atoms with Crippen molar-refractivity contribution in [2.45, 2.75) is 33.1 Å². The van der Waals surface area contributed by atoms with Gasteiger partial charge in [-0.3, -0.25) is 10.1 Å². The fraction of sp³-hybridized carbons (Fsp3) is 0.385. The third-order valence-electron chi connectivity index (χ3n) is 2.53. The molecule has 3 heteroatoms. The molecule has 0 radical (unpaired) electrons. The Morgan fingerprint density at radius 1 is 1.19 bits per heavy atom. The van der Waals surface area contributed by atoms with Crippen LogP contribution in [0, 0.1) is 6.92 Å². The molecule has 0 bridgehead atoms. The van der Waals surface area contributed by atoms with Gasteiger partial charge >= 0.3 is 0 Å². The van der Waals surface area contributed by atoms with Gasteiger partial charge in [0.1, 0.15) is 0 Å². The molecule has 2 aromatic rings. The smallest absolute Gasteiger partial charge is 0.0651 e. The van der Waals surface area contributed by atoms with Crippen LogP contribution in [-0.2, 0) is 5.41 Å². The third kappa shape index (κ3) is 2.13. The predicted molar refractivity (Wildman–Crippen MR) is 65.3 cm³/mol. The Morgan fingerprint density at radius 2 is 1.94 bits per heavy atom. The summed E-state index contributed by atoms with van der Waals surface area (Å²) in [5, 5.41) is 6.96. The van der Waals surface area contributed by atoms with Crippen LogP contribution in [0.15, 0.2) is 24.4 Å². The fourth-order valence-corrected chi connectivity index (χ4v) is 1.62. The van der Waals surface area contributed by atoms with E-state index in [4.69, 9.17) is 0 Å². The first-order valence-electron chi connectivity index (χ1n) is 5.46. The zero-order valence-corrected chi connectivity index (χ0v) is 10.2. The Morgan fingerprint density at radius 3 is 2.50 bits per heavy atom. The summed E-state index contributed by atoms with van der Waals surface area (Å²) in [4.78, 5) is 4.58. The first-order valence-corrected chi connectivity index (χ1v) is 5.46. The van der Waals surface area contributed by atoms with Crippen molar-refractivity contribution in [2.24, 2.45) is 0 Å². The minimum Gasteiger partial charge on any atom is -0.278 e. The van der Waals surface area contributed by atoms with Crippen molar-refractivity contribution < 1.29 is 0 Å². The summed E-state index contributed by atoms with van der Waals surface area (Å²) < 4.78 is 0. The molecule has 0 aliphatic carbocycles. The summed E-state index contributed by atoms with van der Waals surface area (Å²) in [6.07, 6.45) is 1.77. The highest BCUT2D eigenvalue weighted by Crippen LogP contribution is 2.25. The molecule has 1 N–H and O–H groups in total. The first-order chi connectivity index (χ1) is 7.47. The van der Waals surface area contributed by atoms with Gasteiger partial charge < -0.3 is 0 Å². The largest absolute Gasteiger partial charge is 0.278 e. The number of nitrogens with zero attached hydrogens (tertiary/aromatic N) is 2. The van der Waals surface area contributed by atoms with Gasteiger partial charge in [-0.2, -0.15) is 5.10 Å². The summed E-state index contributed by atoms with van der Waals surface area (Å²) in [7, 11) is 0. The topological polar surface area (TPSA) is 41.6 Å². The summed E-state index contributed by atoms with van der Waals surface area (Å²) in [5.41, 5.74) is 4.40. The Balaban J connectivity index is 2.53. The molecule has 0 atom stereocenters. The van der Waals surface area contributed by atoms with Gasteiger partial charge in [0.2, 0.25) is 0 Å². The highest BCUT2D eigenvalue weighted by atomic mass is 15.1. The van der Waals surface area contributed by atoms with Crippen LogP contribution in [0.3, 0.4) is 0 Å². The molecule has 0 amide bonds. The van der Waals surface area contributed by atoms with E-state index in [0.29, 0.717) is 0 Å². The van der Waals surface area contributed by atoms with E-state index < -0.39 is 0 Å². The summed E-state index contributed by atoms with van der Waals surface area (Å²) in [6, 6.07) is 6.17. The maximum Gasteiger partial charge on any atom is 0.0651 e. The van der Waals surface area contributed by atoms with Crippen LogP contribution in [-0.4, -0.2) is 15.2 Å². The zero-order chi connectivity index (χ0) is 11.8. The predicted octanol–water partition coefficient (Wildman–Crippen LogP) is 3.08. The summed E-state index contributed by atoms with van der Waals surface area (Å²) >= 11 is 0. The van der Waals surface area contributed by atoms with Crippen molar-refractivity contribution in [2.75, 3.05) is 0 Å². The van der Waals surface area contributed by atoms with Crippen LogP contribution >= 0.6 is 0 Å². The third-order valence-corrected chi connectivity index (χ3v) is 2.53. The number of pyridine rings is 1. The molecule has 2 aromatic heterocycles. The van der Waals surface area contributed by atoms with Crippen molar-refractivity contribution in [1.82, 2.24) is 15.2 Å². The standard InChI is InChI=1S/C13H17N3/c1-9-7-10(11-5-6-14-16-11)8-12(15-9)13(2,3)4/h5-8H,1-4H3,(H,14,16). The fourth-order valence-electron chi connectivity index (χ4n) is 1.62. The maximum absolute atomic E-state index is 4.58. The van der Waals surface area contributed by atoms with Crippen LogP contribution in [0.25, 0.3) is 11.3 Å². The van der Waals surface area contributed by atoms with Crippen molar-refractivity contribution >= 4 is 0 Å². The second-order valence-corrected chi connectivity index (χ2v) is 5.10. The number of aromatic nitrogens is 3. The average Bonchev–Trinajstić information content (AvgIpc) is 2.68. The van der Waals surface area contributed by atoms with Gasteiger partial charge in [-0.1, -0.05) is 20.8 Å². The minimum atomic E-state index is 0.0702. The van der Waals surface area contributed by atoms with Crippen molar-refractivity contribution in [3.8, 4) is 11.3 Å². The van der Waals surface area contributed by atoms with Gasteiger partial charge in [-0.05, 0) is 25.1 Å². The van der Waals surface area contributed by atoms with Gasteiger partial charge in [-0.25, -0.2) is 0 Å². The minimum absolute atomic E-state index is 0.0702. The molecule has 0 saturated heterocycles. The lowest BCUT2D eigenvalue weighted by Crippen LogP contribution is -2.14. The van der Waals surface area contributed by atoms with E-state index in [9.17, 15) is 0 Å². The lowest BCUT2D eigenvalue weighted by Gasteiger charge is -2.19. The molecule has 16 heavy (non-hydrogen) atoms. The number of aryl methyl sites for hydroxylation is 1. The number of nitrogens with one attached hydrogen (secondary N) is 1. The van der Waals surface area contributed by atoms with Gasteiger partial charge in [0.15, 0.2) is 0 Å². The molecule has 0 fully saturated rings. The second-order valence-electron chi connectivity index (χ2n) is 5.10.